The zero-order valence-electron chi connectivity index (χ0n) is 12.1. The lowest BCUT2D eigenvalue weighted by Gasteiger charge is -2.38. The molecule has 0 aromatic heterocycles. The molecule has 114 valence electrons. The minimum Gasteiger partial charge on any atom is -0.491 e. The van der Waals surface area contributed by atoms with E-state index in [-0.39, 0.29) is 0 Å². The van der Waals surface area contributed by atoms with Gasteiger partial charge in [-0.3, -0.25) is 4.79 Å². The minimum absolute atomic E-state index is 0.294. The molecule has 0 aliphatic carbocycles. The molecule has 1 atom stereocenters. The molecule has 5 nitrogen and oxygen atoms in total. The molecular weight excluding hydrogens is 270 g/mol. The summed E-state index contributed by atoms with van der Waals surface area (Å²) in [4.78, 5) is 14.0. The zero-order valence-corrected chi connectivity index (χ0v) is 12.1. The highest BCUT2D eigenvalue weighted by atomic mass is 16.5. The average Bonchev–Trinajstić information content (AvgIpc) is 2.71. The number of fused-ring (bicyclic) bond motifs is 1. The number of hydrogen-bond donors (Lipinski definition) is 1. The van der Waals surface area contributed by atoms with Gasteiger partial charge < -0.3 is 19.5 Å². The summed E-state index contributed by atoms with van der Waals surface area (Å²) in [6.07, 6.45) is 2.37. The third-order valence-corrected chi connectivity index (χ3v) is 4.31. The summed E-state index contributed by atoms with van der Waals surface area (Å²) in [5.74, 6) is 0.0807. The van der Waals surface area contributed by atoms with Gasteiger partial charge in [-0.25, -0.2) is 0 Å². The normalized spacial score (nSPS) is 25.6. The van der Waals surface area contributed by atoms with E-state index in [1.165, 1.54) is 0 Å². The number of carboxylic acid groups (broad SMARTS) is 1. The van der Waals surface area contributed by atoms with Crippen LogP contribution in [0.5, 0.6) is 5.75 Å². The van der Waals surface area contributed by atoms with Gasteiger partial charge >= 0.3 is 5.97 Å². The maximum atomic E-state index is 11.8. The molecule has 0 saturated carbocycles. The first kappa shape index (κ1) is 14.2. The van der Waals surface area contributed by atoms with Crippen molar-refractivity contribution in [2.75, 3.05) is 37.8 Å². The van der Waals surface area contributed by atoms with Crippen LogP contribution in [0.4, 0.5) is 5.69 Å². The van der Waals surface area contributed by atoms with E-state index in [0.717, 1.165) is 30.8 Å². The fourth-order valence-electron chi connectivity index (χ4n) is 3.14. The van der Waals surface area contributed by atoms with Crippen LogP contribution in [0, 0.1) is 5.41 Å². The van der Waals surface area contributed by atoms with Crippen LogP contribution in [0.15, 0.2) is 24.3 Å². The number of carboxylic acids is 1. The number of ether oxygens (including phenoxy) is 2. The van der Waals surface area contributed by atoms with Crippen molar-refractivity contribution >= 4 is 11.7 Å². The maximum absolute atomic E-state index is 11.8. The predicted molar refractivity (Wildman–Crippen MR) is 78.9 cm³/mol. The Morgan fingerprint density at radius 3 is 2.90 bits per heavy atom. The Bertz CT molecular complexity index is 511. The Morgan fingerprint density at radius 1 is 1.29 bits per heavy atom. The Kier molecular flexibility index (Phi) is 4.01. The van der Waals surface area contributed by atoms with Gasteiger partial charge in [0.25, 0.3) is 0 Å². The molecule has 3 rings (SSSR count). The quantitative estimate of drug-likeness (QED) is 0.924. The number of nitrogens with zero attached hydrogens (tertiary/aromatic N) is 1. The van der Waals surface area contributed by atoms with E-state index in [1.54, 1.807) is 0 Å². The number of carbonyl (C=O) groups is 1. The fraction of sp³-hybridized carbons (Fsp3) is 0.562. The molecule has 0 radical (unpaired) electrons. The first-order valence-corrected chi connectivity index (χ1v) is 7.49. The second-order valence-electron chi connectivity index (χ2n) is 5.83. The van der Waals surface area contributed by atoms with Crippen molar-refractivity contribution in [3.05, 3.63) is 24.3 Å². The Balaban J connectivity index is 1.87. The molecule has 1 unspecified atom stereocenters. The van der Waals surface area contributed by atoms with Gasteiger partial charge in [0.05, 0.1) is 18.9 Å². The second-order valence-corrected chi connectivity index (χ2v) is 5.83. The van der Waals surface area contributed by atoms with Crippen molar-refractivity contribution in [1.82, 2.24) is 0 Å². The maximum Gasteiger partial charge on any atom is 0.313 e. The van der Waals surface area contributed by atoms with Crippen LogP contribution in [0.3, 0.4) is 0 Å². The van der Waals surface area contributed by atoms with E-state index in [0.29, 0.717) is 32.8 Å². The van der Waals surface area contributed by atoms with Crippen molar-refractivity contribution in [2.24, 2.45) is 5.41 Å². The van der Waals surface area contributed by atoms with E-state index in [9.17, 15) is 9.90 Å². The highest BCUT2D eigenvalue weighted by Gasteiger charge is 2.42. The van der Waals surface area contributed by atoms with Gasteiger partial charge in [-0.05, 0) is 31.4 Å². The molecule has 2 aliphatic rings. The molecule has 0 spiro atoms. The predicted octanol–water partition coefficient (Wildman–Crippen LogP) is 2.16. The number of anilines is 1. The zero-order chi connectivity index (χ0) is 14.7. The van der Waals surface area contributed by atoms with Gasteiger partial charge in [-0.2, -0.15) is 0 Å². The third-order valence-electron chi connectivity index (χ3n) is 4.31. The summed E-state index contributed by atoms with van der Waals surface area (Å²) in [6.45, 7) is 2.91. The topological polar surface area (TPSA) is 59.0 Å². The Hall–Kier alpha value is -1.75. The van der Waals surface area contributed by atoms with E-state index in [4.69, 9.17) is 9.47 Å². The largest absolute Gasteiger partial charge is 0.491 e. The summed E-state index contributed by atoms with van der Waals surface area (Å²) in [5, 5.41) is 9.70. The van der Waals surface area contributed by atoms with Crippen LogP contribution in [-0.2, 0) is 9.53 Å². The summed E-state index contributed by atoms with van der Waals surface area (Å²) in [6, 6.07) is 7.85. The van der Waals surface area contributed by atoms with Gasteiger partial charge in [0, 0.05) is 19.7 Å². The van der Waals surface area contributed by atoms with E-state index >= 15 is 0 Å². The Labute approximate surface area is 124 Å². The van der Waals surface area contributed by atoms with Crippen molar-refractivity contribution in [2.45, 2.75) is 19.3 Å². The van der Waals surface area contributed by atoms with E-state index in [2.05, 4.69) is 4.90 Å². The van der Waals surface area contributed by atoms with Crippen molar-refractivity contribution in [3.8, 4) is 5.75 Å². The van der Waals surface area contributed by atoms with Crippen LogP contribution in [0.25, 0.3) is 0 Å². The highest BCUT2D eigenvalue weighted by Crippen LogP contribution is 2.36. The second kappa shape index (κ2) is 5.93. The molecule has 1 aromatic rings. The van der Waals surface area contributed by atoms with Crippen LogP contribution in [0.1, 0.15) is 19.3 Å². The summed E-state index contributed by atoms with van der Waals surface area (Å²) >= 11 is 0. The number of aliphatic carboxylic acids is 1. The molecular formula is C16H21NO4. The van der Waals surface area contributed by atoms with Gasteiger partial charge in [-0.15, -0.1) is 0 Å². The lowest BCUT2D eigenvalue weighted by molar-refractivity contribution is -0.156. The summed E-state index contributed by atoms with van der Waals surface area (Å²) in [7, 11) is 0. The van der Waals surface area contributed by atoms with Crippen molar-refractivity contribution in [1.29, 1.82) is 0 Å². The van der Waals surface area contributed by atoms with Gasteiger partial charge in [-0.1, -0.05) is 12.1 Å². The third kappa shape index (κ3) is 2.83. The SMILES string of the molecule is O=C(O)C1(CN2CCCOc3ccccc32)CCCOC1. The summed E-state index contributed by atoms with van der Waals surface area (Å²) < 4.78 is 11.2. The minimum atomic E-state index is -0.810. The molecule has 5 heteroatoms. The van der Waals surface area contributed by atoms with Gasteiger partial charge in [0.15, 0.2) is 0 Å². The molecule has 1 saturated heterocycles. The first-order valence-electron chi connectivity index (χ1n) is 7.49. The molecule has 0 amide bonds. The molecule has 1 aromatic carbocycles. The van der Waals surface area contributed by atoms with Gasteiger partial charge in [0.2, 0.25) is 0 Å². The van der Waals surface area contributed by atoms with Crippen molar-refractivity contribution < 1.29 is 19.4 Å². The molecule has 1 fully saturated rings. The molecule has 21 heavy (non-hydrogen) atoms. The fourth-order valence-corrected chi connectivity index (χ4v) is 3.14. The highest BCUT2D eigenvalue weighted by molar-refractivity contribution is 5.76. The number of para-hydroxylation sites is 2. The number of hydrogen-bond acceptors (Lipinski definition) is 4. The van der Waals surface area contributed by atoms with Crippen LogP contribution < -0.4 is 9.64 Å². The van der Waals surface area contributed by atoms with Crippen LogP contribution in [0.2, 0.25) is 0 Å². The lowest BCUT2D eigenvalue weighted by atomic mass is 9.82. The van der Waals surface area contributed by atoms with Gasteiger partial charge in [0.1, 0.15) is 11.2 Å². The van der Waals surface area contributed by atoms with Crippen LogP contribution >= 0.6 is 0 Å². The van der Waals surface area contributed by atoms with E-state index in [1.807, 2.05) is 24.3 Å². The van der Waals surface area contributed by atoms with E-state index < -0.39 is 11.4 Å². The molecule has 1 N–H and O–H groups in total. The molecule has 0 bridgehead atoms. The lowest BCUT2D eigenvalue weighted by Crippen LogP contribution is -2.48. The average molecular weight is 291 g/mol. The Morgan fingerprint density at radius 2 is 2.14 bits per heavy atom. The smallest absolute Gasteiger partial charge is 0.313 e. The standard InChI is InChI=1S/C16H21NO4/c18-15(19)16(7-3-9-20-12-16)11-17-8-4-10-21-14-6-2-1-5-13(14)17/h1-2,5-6H,3-4,7-12H2,(H,18,19). The monoisotopic (exact) mass is 291 g/mol. The van der Waals surface area contributed by atoms with Crippen molar-refractivity contribution in [3.63, 3.8) is 0 Å². The number of rotatable bonds is 3. The molecule has 2 heterocycles. The number of benzene rings is 1. The molecule has 2 aliphatic heterocycles. The summed E-state index contributed by atoms with van der Waals surface area (Å²) in [5.41, 5.74) is 0.177. The first-order chi connectivity index (χ1) is 10.2. The van der Waals surface area contributed by atoms with Crippen LogP contribution in [-0.4, -0.2) is 44.0 Å².